The summed E-state index contributed by atoms with van der Waals surface area (Å²) in [7, 11) is -3.47. The highest BCUT2D eigenvalue weighted by molar-refractivity contribution is 7.92. The molecule has 40 heavy (non-hydrogen) atoms. The zero-order valence-corrected chi connectivity index (χ0v) is 23.6. The number of piperidine rings is 1. The topological polar surface area (TPSA) is 120 Å². The Kier molecular flexibility index (Phi) is 8.09. The molecule has 0 spiro atoms. The zero-order chi connectivity index (χ0) is 28.3. The molecule has 3 aromatic carbocycles. The second-order valence-electron chi connectivity index (χ2n) is 10.7. The number of nitrogens with one attached hydrogen (secondary N) is 4. The third-order valence-corrected chi connectivity index (χ3v) is 8.00. The first-order chi connectivity index (χ1) is 19.2. The Morgan fingerprint density at radius 3 is 2.50 bits per heavy atom. The van der Waals surface area contributed by atoms with Crippen molar-refractivity contribution in [3.63, 3.8) is 0 Å². The van der Waals surface area contributed by atoms with E-state index in [-0.39, 0.29) is 11.8 Å². The lowest BCUT2D eigenvalue weighted by Gasteiger charge is -2.30. The van der Waals surface area contributed by atoms with E-state index in [0.717, 1.165) is 43.8 Å². The minimum absolute atomic E-state index is 0.177. The summed E-state index contributed by atoms with van der Waals surface area (Å²) < 4.78 is 26.3. The molecule has 1 saturated heterocycles. The molecule has 2 heterocycles. The van der Waals surface area contributed by atoms with Crippen molar-refractivity contribution in [1.82, 2.24) is 10.2 Å². The van der Waals surface area contributed by atoms with Gasteiger partial charge in [-0.2, -0.15) is 0 Å². The first-order valence-electron chi connectivity index (χ1n) is 13.6. The molecule has 3 aromatic rings. The van der Waals surface area contributed by atoms with E-state index in [1.807, 2.05) is 18.2 Å². The highest BCUT2D eigenvalue weighted by atomic mass is 32.2. The van der Waals surface area contributed by atoms with Gasteiger partial charge in [-0.05, 0) is 86.8 Å². The van der Waals surface area contributed by atoms with Crippen LogP contribution in [0.1, 0.15) is 46.9 Å². The second kappa shape index (κ2) is 11.7. The van der Waals surface area contributed by atoms with Crippen molar-refractivity contribution in [3.05, 3.63) is 71.8 Å². The van der Waals surface area contributed by atoms with Crippen LogP contribution < -0.4 is 20.7 Å². The largest absolute Gasteiger partial charge is 0.353 e. The lowest BCUT2D eigenvalue weighted by Crippen LogP contribution is -2.35. The van der Waals surface area contributed by atoms with Crippen LogP contribution in [0.5, 0.6) is 0 Å². The second-order valence-corrected chi connectivity index (χ2v) is 12.4. The molecular weight excluding hydrogens is 526 g/mol. The van der Waals surface area contributed by atoms with Crippen LogP contribution in [0, 0.1) is 5.92 Å². The molecule has 0 bridgehead atoms. The summed E-state index contributed by atoms with van der Waals surface area (Å²) in [6.07, 6.45) is 4.47. The van der Waals surface area contributed by atoms with Crippen LogP contribution in [-0.4, -0.2) is 57.6 Å². The van der Waals surface area contributed by atoms with Gasteiger partial charge in [-0.1, -0.05) is 31.2 Å². The average Bonchev–Trinajstić information content (AvgIpc) is 3.06. The first-order valence-corrected chi connectivity index (χ1v) is 15.5. The van der Waals surface area contributed by atoms with E-state index < -0.39 is 10.0 Å². The third-order valence-electron chi connectivity index (χ3n) is 7.41. The fraction of sp³-hybridized carbons (Fsp3) is 0.333. The normalized spacial score (nSPS) is 15.7. The molecule has 0 unspecified atom stereocenters. The van der Waals surface area contributed by atoms with E-state index in [2.05, 4.69) is 32.5 Å². The Hall–Kier alpha value is -3.89. The minimum atomic E-state index is -3.47. The van der Waals surface area contributed by atoms with Crippen molar-refractivity contribution in [2.75, 3.05) is 47.8 Å². The van der Waals surface area contributed by atoms with Gasteiger partial charge in [0.15, 0.2) is 0 Å². The van der Waals surface area contributed by atoms with Crippen molar-refractivity contribution in [2.24, 2.45) is 5.92 Å². The number of amides is 2. The number of rotatable bonds is 8. The van der Waals surface area contributed by atoms with Crippen molar-refractivity contribution in [2.45, 2.75) is 26.2 Å². The Morgan fingerprint density at radius 1 is 0.950 bits per heavy atom. The van der Waals surface area contributed by atoms with Gasteiger partial charge in [0.2, 0.25) is 10.0 Å². The lowest BCUT2D eigenvalue weighted by atomic mass is 9.99. The van der Waals surface area contributed by atoms with Crippen molar-refractivity contribution in [1.29, 1.82) is 0 Å². The quantitative estimate of drug-likeness (QED) is 0.291. The van der Waals surface area contributed by atoms with Crippen LogP contribution in [0.2, 0.25) is 0 Å². The predicted molar refractivity (Wildman–Crippen MR) is 160 cm³/mol. The van der Waals surface area contributed by atoms with E-state index in [9.17, 15) is 18.0 Å². The number of fused-ring (bicyclic) bond motifs is 2. The first kappa shape index (κ1) is 27.7. The van der Waals surface area contributed by atoms with Crippen LogP contribution >= 0.6 is 0 Å². The Morgan fingerprint density at radius 2 is 1.73 bits per heavy atom. The van der Waals surface area contributed by atoms with Gasteiger partial charge >= 0.3 is 0 Å². The summed E-state index contributed by atoms with van der Waals surface area (Å²) in [6, 6.07) is 17.6. The molecule has 10 heteroatoms. The zero-order valence-electron chi connectivity index (χ0n) is 22.8. The smallest absolute Gasteiger partial charge is 0.257 e. The standard InChI is InChI=1S/C30H35N5O4S/c1-20-12-16-35(17-13-20)15-5-14-31-29(36)22-9-11-26-28(19-22)33-30(37)24-10-8-21(18-27(24)32-26)23-6-3-4-7-25(23)34-40(2,38)39/h3-4,6-11,18-20,32,34H,5,12-17H2,1-2H3,(H,31,36)(H,33,37). The van der Waals surface area contributed by atoms with Crippen LogP contribution in [-0.2, 0) is 10.0 Å². The fourth-order valence-corrected chi connectivity index (χ4v) is 5.74. The van der Waals surface area contributed by atoms with Gasteiger partial charge in [0.1, 0.15) is 0 Å². The molecule has 0 aliphatic carbocycles. The molecule has 2 aliphatic heterocycles. The summed E-state index contributed by atoms with van der Waals surface area (Å²) >= 11 is 0. The average molecular weight is 562 g/mol. The van der Waals surface area contributed by atoms with Crippen molar-refractivity contribution in [3.8, 4) is 11.1 Å². The molecular formula is C30H35N5O4S. The van der Waals surface area contributed by atoms with E-state index in [4.69, 9.17) is 0 Å². The van der Waals surface area contributed by atoms with Gasteiger partial charge in [-0.3, -0.25) is 14.3 Å². The molecule has 1 fully saturated rings. The summed E-state index contributed by atoms with van der Waals surface area (Å²) in [5.74, 6) is 0.321. The number of hydrogen-bond acceptors (Lipinski definition) is 6. The fourth-order valence-electron chi connectivity index (χ4n) is 5.16. The number of para-hydroxylation sites is 1. The summed E-state index contributed by atoms with van der Waals surface area (Å²) in [5.41, 5.74) is 4.52. The number of carbonyl (C=O) groups excluding carboxylic acids is 2. The summed E-state index contributed by atoms with van der Waals surface area (Å²) in [6.45, 7) is 6.12. The molecule has 2 aliphatic rings. The number of likely N-dealkylation sites (tertiary alicyclic amines) is 1. The molecule has 9 nitrogen and oxygen atoms in total. The number of benzene rings is 3. The Balaban J connectivity index is 1.28. The van der Waals surface area contributed by atoms with Crippen LogP contribution in [0.3, 0.4) is 0 Å². The highest BCUT2D eigenvalue weighted by Gasteiger charge is 2.22. The highest BCUT2D eigenvalue weighted by Crippen LogP contribution is 2.37. The molecule has 5 rings (SSSR count). The molecule has 4 N–H and O–H groups in total. The Bertz CT molecular complexity index is 1530. The minimum Gasteiger partial charge on any atom is -0.353 e. The van der Waals surface area contributed by atoms with Gasteiger partial charge in [-0.25, -0.2) is 8.42 Å². The van der Waals surface area contributed by atoms with E-state index in [1.165, 1.54) is 12.8 Å². The lowest BCUT2D eigenvalue weighted by molar-refractivity contribution is 0.0949. The predicted octanol–water partition coefficient (Wildman–Crippen LogP) is 4.89. The van der Waals surface area contributed by atoms with Gasteiger partial charge in [-0.15, -0.1) is 0 Å². The molecule has 210 valence electrons. The maximum Gasteiger partial charge on any atom is 0.257 e. The SMILES string of the molecule is CC1CCN(CCCNC(=O)c2ccc3c(c2)NC(=O)c2ccc(-c4ccccc4NS(C)(=O)=O)cc2N3)CC1. The summed E-state index contributed by atoms with van der Waals surface area (Å²) in [5, 5.41) is 9.22. The number of anilines is 4. The van der Waals surface area contributed by atoms with Crippen LogP contribution in [0.15, 0.2) is 60.7 Å². The monoisotopic (exact) mass is 561 g/mol. The summed E-state index contributed by atoms with van der Waals surface area (Å²) in [4.78, 5) is 28.4. The van der Waals surface area contributed by atoms with E-state index in [1.54, 1.807) is 42.5 Å². The molecule has 2 amide bonds. The number of carbonyl (C=O) groups is 2. The van der Waals surface area contributed by atoms with Gasteiger partial charge in [0.25, 0.3) is 11.8 Å². The maximum atomic E-state index is 13.1. The maximum absolute atomic E-state index is 13.1. The third kappa shape index (κ3) is 6.63. The number of sulfonamides is 1. The van der Waals surface area contributed by atoms with Crippen LogP contribution in [0.4, 0.5) is 22.7 Å². The van der Waals surface area contributed by atoms with Crippen molar-refractivity contribution < 1.29 is 18.0 Å². The van der Waals surface area contributed by atoms with Gasteiger partial charge in [0.05, 0.1) is 34.6 Å². The van der Waals surface area contributed by atoms with E-state index in [0.29, 0.717) is 46.0 Å². The molecule has 0 atom stereocenters. The molecule has 0 radical (unpaired) electrons. The Labute approximate surface area is 235 Å². The molecule has 0 aromatic heterocycles. The number of hydrogen-bond donors (Lipinski definition) is 4. The van der Waals surface area contributed by atoms with E-state index >= 15 is 0 Å². The molecule has 0 saturated carbocycles. The van der Waals surface area contributed by atoms with Crippen molar-refractivity contribution >= 4 is 44.6 Å². The van der Waals surface area contributed by atoms with Crippen LogP contribution in [0.25, 0.3) is 11.1 Å². The van der Waals surface area contributed by atoms with Gasteiger partial charge in [0, 0.05) is 17.7 Å². The number of nitrogens with zero attached hydrogens (tertiary/aromatic N) is 1. The van der Waals surface area contributed by atoms with Gasteiger partial charge < -0.3 is 20.9 Å².